The third-order valence-corrected chi connectivity index (χ3v) is 3.38. The summed E-state index contributed by atoms with van der Waals surface area (Å²) in [6.07, 6.45) is -2.41. The van der Waals surface area contributed by atoms with Gasteiger partial charge in [-0.05, 0) is 48.4 Å². The third-order valence-electron chi connectivity index (χ3n) is 3.38. The number of alkyl halides is 3. The van der Waals surface area contributed by atoms with E-state index in [9.17, 15) is 13.2 Å². The number of nitrogens with one attached hydrogen (secondary N) is 1. The highest BCUT2D eigenvalue weighted by Crippen LogP contribution is 2.39. The Balaban J connectivity index is 2.35. The second kappa shape index (κ2) is 4.82. The van der Waals surface area contributed by atoms with Gasteiger partial charge in [0.25, 0.3) is 0 Å². The zero-order chi connectivity index (χ0) is 13.3. The molecule has 1 heterocycles. The maximum absolute atomic E-state index is 12.7. The van der Waals surface area contributed by atoms with Crippen molar-refractivity contribution in [1.82, 2.24) is 0 Å². The minimum Gasteiger partial charge on any atom is -0.385 e. The van der Waals surface area contributed by atoms with Crippen molar-refractivity contribution in [3.05, 3.63) is 29.3 Å². The predicted octanol–water partition coefficient (Wildman–Crippen LogP) is 4.65. The summed E-state index contributed by atoms with van der Waals surface area (Å²) in [7, 11) is 0. The van der Waals surface area contributed by atoms with Crippen LogP contribution in [0.15, 0.2) is 18.2 Å². The van der Waals surface area contributed by atoms with Crippen molar-refractivity contribution in [3.8, 4) is 0 Å². The maximum Gasteiger partial charge on any atom is 0.416 e. The van der Waals surface area contributed by atoms with Crippen LogP contribution in [0.5, 0.6) is 0 Å². The van der Waals surface area contributed by atoms with E-state index in [1.165, 1.54) is 6.07 Å². The van der Waals surface area contributed by atoms with Crippen molar-refractivity contribution >= 4 is 5.69 Å². The number of rotatable bonds is 2. The van der Waals surface area contributed by atoms with E-state index in [2.05, 4.69) is 19.2 Å². The molecule has 0 aliphatic carbocycles. The van der Waals surface area contributed by atoms with Gasteiger partial charge in [-0.25, -0.2) is 0 Å². The highest BCUT2D eigenvalue weighted by atomic mass is 19.4. The van der Waals surface area contributed by atoms with Gasteiger partial charge in [0.1, 0.15) is 0 Å². The fourth-order valence-corrected chi connectivity index (χ4v) is 2.59. The van der Waals surface area contributed by atoms with Crippen LogP contribution in [-0.2, 0) is 6.18 Å². The molecule has 1 nitrogen and oxygen atoms in total. The van der Waals surface area contributed by atoms with Crippen molar-refractivity contribution in [2.75, 3.05) is 11.9 Å². The smallest absolute Gasteiger partial charge is 0.385 e. The molecule has 0 amide bonds. The summed E-state index contributed by atoms with van der Waals surface area (Å²) in [6.45, 7) is 5.06. The molecule has 1 aliphatic rings. The maximum atomic E-state index is 12.7. The molecule has 1 N–H and O–H groups in total. The van der Waals surface area contributed by atoms with E-state index in [-0.39, 0.29) is 5.92 Å². The third kappa shape index (κ3) is 2.79. The van der Waals surface area contributed by atoms with Crippen molar-refractivity contribution < 1.29 is 13.2 Å². The van der Waals surface area contributed by atoms with Crippen LogP contribution in [0.3, 0.4) is 0 Å². The Bertz CT molecular complexity index is 424. The molecular formula is C14H18F3N. The van der Waals surface area contributed by atoms with Crippen molar-refractivity contribution in [2.45, 2.75) is 38.8 Å². The molecule has 0 bridgehead atoms. The number of anilines is 1. The Kier molecular flexibility index (Phi) is 3.55. The first-order valence-electron chi connectivity index (χ1n) is 6.33. The van der Waals surface area contributed by atoms with E-state index in [0.29, 0.717) is 5.92 Å². The quantitative estimate of drug-likeness (QED) is 0.813. The summed E-state index contributed by atoms with van der Waals surface area (Å²) < 4.78 is 38.2. The molecule has 0 fully saturated rings. The molecule has 1 aliphatic heterocycles. The second-order valence-electron chi connectivity index (χ2n) is 5.34. The fraction of sp³-hybridized carbons (Fsp3) is 0.571. The molecule has 4 heteroatoms. The zero-order valence-electron chi connectivity index (χ0n) is 10.6. The lowest BCUT2D eigenvalue weighted by Crippen LogP contribution is -2.19. The summed E-state index contributed by atoms with van der Waals surface area (Å²) in [5, 5.41) is 3.18. The summed E-state index contributed by atoms with van der Waals surface area (Å²) in [4.78, 5) is 0. The monoisotopic (exact) mass is 257 g/mol. The average molecular weight is 257 g/mol. The van der Waals surface area contributed by atoms with Gasteiger partial charge in [0, 0.05) is 12.2 Å². The van der Waals surface area contributed by atoms with Crippen LogP contribution in [0.4, 0.5) is 18.9 Å². The van der Waals surface area contributed by atoms with Crippen molar-refractivity contribution in [1.29, 1.82) is 0 Å². The molecule has 2 rings (SSSR count). The van der Waals surface area contributed by atoms with Gasteiger partial charge in [0.05, 0.1) is 5.56 Å². The molecule has 18 heavy (non-hydrogen) atoms. The van der Waals surface area contributed by atoms with E-state index >= 15 is 0 Å². The van der Waals surface area contributed by atoms with Crippen LogP contribution in [0.2, 0.25) is 0 Å². The lowest BCUT2D eigenvalue weighted by atomic mass is 9.84. The first-order chi connectivity index (χ1) is 8.38. The van der Waals surface area contributed by atoms with Gasteiger partial charge in [-0.2, -0.15) is 13.2 Å². The first-order valence-corrected chi connectivity index (χ1v) is 6.33. The molecular weight excluding hydrogens is 239 g/mol. The summed E-state index contributed by atoms with van der Waals surface area (Å²) in [5.41, 5.74) is 1.14. The normalized spacial score (nSPS) is 19.6. The number of halogens is 3. The van der Waals surface area contributed by atoms with E-state index in [1.54, 1.807) is 6.07 Å². The predicted molar refractivity (Wildman–Crippen MR) is 66.7 cm³/mol. The first kappa shape index (κ1) is 13.2. The van der Waals surface area contributed by atoms with Crippen LogP contribution in [-0.4, -0.2) is 6.54 Å². The molecule has 1 aromatic rings. The number of benzene rings is 1. The average Bonchev–Trinajstić information content (AvgIpc) is 2.27. The van der Waals surface area contributed by atoms with Gasteiger partial charge in [0.15, 0.2) is 0 Å². The molecule has 0 aromatic heterocycles. The van der Waals surface area contributed by atoms with E-state index in [1.807, 2.05) is 0 Å². The Hall–Kier alpha value is -1.19. The topological polar surface area (TPSA) is 12.0 Å². The molecule has 1 aromatic carbocycles. The largest absolute Gasteiger partial charge is 0.416 e. The van der Waals surface area contributed by atoms with E-state index in [0.717, 1.165) is 36.7 Å². The van der Waals surface area contributed by atoms with Gasteiger partial charge in [-0.1, -0.05) is 13.8 Å². The van der Waals surface area contributed by atoms with Gasteiger partial charge in [0.2, 0.25) is 0 Å². The van der Waals surface area contributed by atoms with Crippen LogP contribution in [0.1, 0.15) is 43.7 Å². The molecule has 100 valence electrons. The Morgan fingerprint density at radius 1 is 1.33 bits per heavy atom. The molecule has 1 atom stereocenters. The Morgan fingerprint density at radius 3 is 2.67 bits per heavy atom. The van der Waals surface area contributed by atoms with Gasteiger partial charge in [-0.3, -0.25) is 0 Å². The van der Waals surface area contributed by atoms with Crippen LogP contribution >= 0.6 is 0 Å². The summed E-state index contributed by atoms with van der Waals surface area (Å²) in [6, 6.07) is 4.03. The lowest BCUT2D eigenvalue weighted by Gasteiger charge is -2.28. The highest BCUT2D eigenvalue weighted by Gasteiger charge is 2.32. The van der Waals surface area contributed by atoms with Gasteiger partial charge >= 0.3 is 6.18 Å². The zero-order valence-corrected chi connectivity index (χ0v) is 10.6. The Labute approximate surface area is 105 Å². The molecule has 0 spiro atoms. The van der Waals surface area contributed by atoms with Gasteiger partial charge in [-0.15, -0.1) is 0 Å². The fourth-order valence-electron chi connectivity index (χ4n) is 2.59. The van der Waals surface area contributed by atoms with E-state index < -0.39 is 11.7 Å². The minimum atomic E-state index is -4.26. The highest BCUT2D eigenvalue weighted by molar-refractivity contribution is 5.56. The molecule has 0 saturated heterocycles. The number of hydrogen-bond acceptors (Lipinski definition) is 1. The minimum absolute atomic E-state index is 0.239. The van der Waals surface area contributed by atoms with Crippen molar-refractivity contribution in [3.63, 3.8) is 0 Å². The van der Waals surface area contributed by atoms with Crippen LogP contribution in [0.25, 0.3) is 0 Å². The molecule has 1 unspecified atom stereocenters. The summed E-state index contributed by atoms with van der Waals surface area (Å²) in [5.74, 6) is 0.735. The summed E-state index contributed by atoms with van der Waals surface area (Å²) >= 11 is 0. The Morgan fingerprint density at radius 2 is 2.06 bits per heavy atom. The van der Waals surface area contributed by atoms with Crippen molar-refractivity contribution in [2.24, 2.45) is 5.92 Å². The molecule has 0 saturated carbocycles. The van der Waals surface area contributed by atoms with E-state index in [4.69, 9.17) is 0 Å². The SMILES string of the molecule is CC(C)CC1CCNc2ccc(C(F)(F)F)cc21. The number of fused-ring (bicyclic) bond motifs is 1. The van der Waals surface area contributed by atoms with Gasteiger partial charge < -0.3 is 5.32 Å². The second-order valence-corrected chi connectivity index (χ2v) is 5.34. The van der Waals surface area contributed by atoms with Crippen LogP contribution in [0, 0.1) is 5.92 Å². The van der Waals surface area contributed by atoms with Crippen LogP contribution < -0.4 is 5.32 Å². The lowest BCUT2D eigenvalue weighted by molar-refractivity contribution is -0.137. The molecule has 0 radical (unpaired) electrons. The standard InChI is InChI=1S/C14H18F3N/c1-9(2)7-10-5-6-18-13-4-3-11(8-12(10)13)14(15,16)17/h3-4,8-10,18H,5-7H2,1-2H3. The number of hydrogen-bond donors (Lipinski definition) is 1.